The SMILES string of the molecule is Bc1cnn2c(NCCCNS(=O)(=O)c3cccc(C(F)(F)F)c3)cc(-c3ccccc3Cl)nc12. The van der Waals surface area contributed by atoms with E-state index in [1.165, 1.54) is 0 Å². The van der Waals surface area contributed by atoms with Crippen molar-refractivity contribution >= 4 is 46.4 Å². The van der Waals surface area contributed by atoms with Gasteiger partial charge in [-0.3, -0.25) is 0 Å². The third-order valence-corrected chi connectivity index (χ3v) is 7.01. The van der Waals surface area contributed by atoms with Crippen molar-refractivity contribution in [1.82, 2.24) is 19.3 Å². The van der Waals surface area contributed by atoms with Crippen molar-refractivity contribution < 1.29 is 21.6 Å². The zero-order valence-electron chi connectivity index (χ0n) is 18.5. The standard InChI is InChI=1S/C22H20BClF3N5O2S/c23-17-13-29-32-20(12-19(31-21(17)32)16-7-1-2-8-18(16)24)28-9-4-10-30-35(33,34)15-6-3-5-14(11-15)22(25,26)27/h1-3,5-8,11-13,28,30H,4,9-10,23H2. The molecule has 2 heterocycles. The second-order valence-electron chi connectivity index (χ2n) is 7.77. The van der Waals surface area contributed by atoms with E-state index in [-0.39, 0.29) is 6.54 Å². The number of alkyl halides is 3. The van der Waals surface area contributed by atoms with Crippen molar-refractivity contribution in [3.8, 4) is 11.3 Å². The van der Waals surface area contributed by atoms with Crippen LogP contribution in [0.25, 0.3) is 16.9 Å². The maximum absolute atomic E-state index is 12.9. The highest BCUT2D eigenvalue weighted by molar-refractivity contribution is 7.89. The first-order valence-electron chi connectivity index (χ1n) is 10.6. The molecule has 182 valence electrons. The van der Waals surface area contributed by atoms with Crippen LogP contribution in [0.3, 0.4) is 0 Å². The van der Waals surface area contributed by atoms with Crippen molar-refractivity contribution in [3.05, 3.63) is 71.4 Å². The van der Waals surface area contributed by atoms with Gasteiger partial charge in [0.15, 0.2) is 5.65 Å². The molecule has 2 aromatic carbocycles. The fourth-order valence-corrected chi connectivity index (χ4v) is 4.79. The molecule has 4 rings (SSSR count). The number of fused-ring (bicyclic) bond motifs is 1. The number of nitrogens with zero attached hydrogens (tertiary/aromatic N) is 3. The number of sulfonamides is 1. The zero-order valence-corrected chi connectivity index (χ0v) is 20.0. The molecule has 0 saturated heterocycles. The molecule has 35 heavy (non-hydrogen) atoms. The molecule has 0 spiro atoms. The third kappa shape index (κ3) is 5.60. The van der Waals surface area contributed by atoms with Gasteiger partial charge in [0, 0.05) is 35.9 Å². The minimum absolute atomic E-state index is 0.0231. The van der Waals surface area contributed by atoms with E-state index in [2.05, 4.69) is 20.1 Å². The maximum Gasteiger partial charge on any atom is 0.416 e. The number of hydrogen-bond donors (Lipinski definition) is 2. The van der Waals surface area contributed by atoms with E-state index in [4.69, 9.17) is 11.6 Å². The number of aromatic nitrogens is 3. The second kappa shape index (κ2) is 9.88. The first kappa shape index (κ1) is 25.0. The van der Waals surface area contributed by atoms with Gasteiger partial charge in [-0.15, -0.1) is 0 Å². The fraction of sp³-hybridized carbons (Fsp3) is 0.182. The monoisotopic (exact) mass is 521 g/mol. The molecule has 4 aromatic rings. The minimum atomic E-state index is -4.63. The summed E-state index contributed by atoms with van der Waals surface area (Å²) in [6.45, 7) is 0.389. The molecule has 0 aliphatic carbocycles. The smallest absolute Gasteiger partial charge is 0.370 e. The quantitative estimate of drug-likeness (QED) is 0.275. The number of benzene rings is 2. The van der Waals surface area contributed by atoms with Gasteiger partial charge >= 0.3 is 6.18 Å². The fourth-order valence-electron chi connectivity index (χ4n) is 3.44. The van der Waals surface area contributed by atoms with Crippen LogP contribution in [0.5, 0.6) is 0 Å². The van der Waals surface area contributed by atoms with E-state index >= 15 is 0 Å². The van der Waals surface area contributed by atoms with Crippen molar-refractivity contribution in [2.24, 2.45) is 0 Å². The molecule has 0 atom stereocenters. The van der Waals surface area contributed by atoms with E-state index in [9.17, 15) is 21.6 Å². The zero-order chi connectivity index (χ0) is 25.2. The Morgan fingerprint density at radius 1 is 1.06 bits per heavy atom. The Hall–Kier alpha value is -3.09. The Morgan fingerprint density at radius 2 is 1.83 bits per heavy atom. The van der Waals surface area contributed by atoms with Gasteiger partial charge in [0.2, 0.25) is 10.0 Å². The van der Waals surface area contributed by atoms with Crippen LogP contribution in [0.4, 0.5) is 19.0 Å². The lowest BCUT2D eigenvalue weighted by molar-refractivity contribution is -0.137. The van der Waals surface area contributed by atoms with Crippen LogP contribution in [0.2, 0.25) is 5.02 Å². The van der Waals surface area contributed by atoms with Crippen LogP contribution in [0.15, 0.2) is 65.7 Å². The molecule has 0 fully saturated rings. The van der Waals surface area contributed by atoms with Gasteiger partial charge in [0.05, 0.1) is 16.2 Å². The van der Waals surface area contributed by atoms with E-state index in [0.717, 1.165) is 29.2 Å². The van der Waals surface area contributed by atoms with Gasteiger partial charge in [-0.2, -0.15) is 22.8 Å². The van der Waals surface area contributed by atoms with Crippen molar-refractivity contribution in [1.29, 1.82) is 0 Å². The van der Waals surface area contributed by atoms with Gasteiger partial charge in [-0.05, 0) is 36.1 Å². The number of rotatable bonds is 8. The van der Waals surface area contributed by atoms with E-state index < -0.39 is 26.7 Å². The summed E-state index contributed by atoms with van der Waals surface area (Å²) in [4.78, 5) is 4.23. The third-order valence-electron chi connectivity index (χ3n) is 5.22. The summed E-state index contributed by atoms with van der Waals surface area (Å²) in [5.74, 6) is 0.638. The van der Waals surface area contributed by atoms with Crippen LogP contribution in [0.1, 0.15) is 12.0 Å². The largest absolute Gasteiger partial charge is 0.416 e. The first-order valence-corrected chi connectivity index (χ1v) is 12.4. The average molecular weight is 522 g/mol. The van der Waals surface area contributed by atoms with Gasteiger partial charge in [0.1, 0.15) is 13.7 Å². The number of nitrogens with one attached hydrogen (secondary N) is 2. The summed E-state index contributed by atoms with van der Waals surface area (Å²) in [6.07, 6.45) is -2.57. The predicted molar refractivity (Wildman–Crippen MR) is 131 cm³/mol. The lowest BCUT2D eigenvalue weighted by atomic mass is 10.0. The molecule has 0 amide bonds. The van der Waals surface area contributed by atoms with Crippen LogP contribution in [-0.2, 0) is 16.2 Å². The molecule has 2 aromatic heterocycles. The summed E-state index contributed by atoms with van der Waals surface area (Å²) in [6, 6.07) is 12.8. The molecule has 0 aliphatic heterocycles. The number of halogens is 4. The lowest BCUT2D eigenvalue weighted by Gasteiger charge is -2.13. The summed E-state index contributed by atoms with van der Waals surface area (Å²) in [5, 5.41) is 8.11. The van der Waals surface area contributed by atoms with Crippen LogP contribution < -0.4 is 15.5 Å². The lowest BCUT2D eigenvalue weighted by Crippen LogP contribution is -2.26. The van der Waals surface area contributed by atoms with Crippen molar-refractivity contribution in [2.75, 3.05) is 18.4 Å². The Balaban J connectivity index is 1.44. The maximum atomic E-state index is 12.9. The van der Waals surface area contributed by atoms with Gasteiger partial charge in [-0.1, -0.05) is 35.9 Å². The highest BCUT2D eigenvalue weighted by Crippen LogP contribution is 2.30. The van der Waals surface area contributed by atoms with Gasteiger partial charge in [-0.25, -0.2) is 18.1 Å². The molecule has 0 saturated carbocycles. The molecular formula is C22H20BClF3N5O2S. The number of hydrogen-bond acceptors (Lipinski definition) is 5. The highest BCUT2D eigenvalue weighted by Gasteiger charge is 2.31. The molecule has 0 aliphatic rings. The minimum Gasteiger partial charge on any atom is -0.370 e. The van der Waals surface area contributed by atoms with E-state index in [0.29, 0.717) is 41.2 Å². The molecule has 0 bridgehead atoms. The predicted octanol–water partition coefficient (Wildman–Crippen LogP) is 3.11. The molecule has 7 nitrogen and oxygen atoms in total. The van der Waals surface area contributed by atoms with Gasteiger partial charge in [0.25, 0.3) is 0 Å². The molecule has 2 N–H and O–H groups in total. The average Bonchev–Trinajstić information content (AvgIpc) is 3.19. The topological polar surface area (TPSA) is 88.4 Å². The summed E-state index contributed by atoms with van der Waals surface area (Å²) < 4.78 is 67.5. The first-order chi connectivity index (χ1) is 16.6. The Kier molecular flexibility index (Phi) is 7.06. The molecule has 0 radical (unpaired) electrons. The van der Waals surface area contributed by atoms with Crippen LogP contribution in [-0.4, -0.2) is 44.0 Å². The number of anilines is 1. The van der Waals surface area contributed by atoms with E-state index in [1.807, 2.05) is 26.0 Å². The van der Waals surface area contributed by atoms with E-state index in [1.54, 1.807) is 22.8 Å². The highest BCUT2D eigenvalue weighted by atomic mass is 35.5. The second-order valence-corrected chi connectivity index (χ2v) is 9.95. The Bertz CT molecular complexity index is 1480. The molecule has 13 heteroatoms. The summed E-state index contributed by atoms with van der Waals surface area (Å²) in [7, 11) is -2.20. The Labute approximate surface area is 205 Å². The molecule has 0 unspecified atom stereocenters. The van der Waals surface area contributed by atoms with Crippen molar-refractivity contribution in [2.45, 2.75) is 17.5 Å². The summed E-state index contributed by atoms with van der Waals surface area (Å²) >= 11 is 6.34. The van der Waals surface area contributed by atoms with Crippen LogP contribution in [0, 0.1) is 0 Å². The molecular weight excluding hydrogens is 502 g/mol. The van der Waals surface area contributed by atoms with Crippen LogP contribution >= 0.6 is 11.6 Å². The summed E-state index contributed by atoms with van der Waals surface area (Å²) in [5.41, 5.74) is 1.91. The normalized spacial score (nSPS) is 12.2. The van der Waals surface area contributed by atoms with Gasteiger partial charge < -0.3 is 5.32 Å². The Morgan fingerprint density at radius 3 is 2.57 bits per heavy atom. The van der Waals surface area contributed by atoms with Crippen molar-refractivity contribution in [3.63, 3.8) is 0 Å².